The molecule has 0 radical (unpaired) electrons. The number of benzene rings is 2. The molecule has 2 heterocycles. The molecule has 0 saturated carbocycles. The van der Waals surface area contributed by atoms with Crippen LogP contribution in [0.15, 0.2) is 59.1 Å². The van der Waals surface area contributed by atoms with Crippen LogP contribution in [0, 0.1) is 12.8 Å². The molecule has 2 atom stereocenters. The van der Waals surface area contributed by atoms with Crippen LogP contribution in [0.2, 0.25) is 0 Å². The van der Waals surface area contributed by atoms with E-state index in [0.717, 1.165) is 0 Å². The molecule has 3 aromatic rings. The smallest absolute Gasteiger partial charge is 0.257 e. The second kappa shape index (κ2) is 8.45. The van der Waals surface area contributed by atoms with Gasteiger partial charge in [-0.05, 0) is 30.2 Å². The van der Waals surface area contributed by atoms with Gasteiger partial charge in [0.25, 0.3) is 5.91 Å². The first-order valence-corrected chi connectivity index (χ1v) is 9.71. The highest BCUT2D eigenvalue weighted by molar-refractivity contribution is 5.97. The predicted octanol–water partition coefficient (Wildman–Crippen LogP) is 2.77. The largest absolute Gasteiger partial charge is 0.485 e. The van der Waals surface area contributed by atoms with Crippen LogP contribution in [0.5, 0.6) is 5.75 Å². The Balaban J connectivity index is 1.51. The van der Waals surface area contributed by atoms with Crippen molar-refractivity contribution in [2.24, 2.45) is 11.7 Å². The standard InChI is InChI=1S/C22H24N4O3/c1-15-24-21(25-29-15)14-28-20-10-6-5-9-18(20)22(27)26-12-17(11-23)19(13-26)16-7-3-2-4-8-16/h2-10,17,19H,11-14,23H2,1H3/t17-,19+/m1/s1. The summed E-state index contributed by atoms with van der Waals surface area (Å²) in [5, 5.41) is 3.83. The molecule has 1 fully saturated rings. The lowest BCUT2D eigenvalue weighted by Crippen LogP contribution is -2.30. The van der Waals surface area contributed by atoms with E-state index in [9.17, 15) is 4.79 Å². The fraction of sp³-hybridized carbons (Fsp3) is 0.318. The van der Waals surface area contributed by atoms with E-state index in [1.807, 2.05) is 35.2 Å². The minimum absolute atomic E-state index is 0.0539. The minimum Gasteiger partial charge on any atom is -0.485 e. The topological polar surface area (TPSA) is 94.5 Å². The van der Waals surface area contributed by atoms with Crippen LogP contribution >= 0.6 is 0 Å². The third kappa shape index (κ3) is 4.14. The summed E-state index contributed by atoms with van der Waals surface area (Å²) in [6, 6.07) is 17.5. The van der Waals surface area contributed by atoms with E-state index in [2.05, 4.69) is 22.3 Å². The van der Waals surface area contributed by atoms with Crippen LogP contribution in [-0.4, -0.2) is 40.6 Å². The van der Waals surface area contributed by atoms with E-state index in [1.54, 1.807) is 19.1 Å². The lowest BCUT2D eigenvalue weighted by atomic mass is 9.89. The Labute approximate surface area is 169 Å². The van der Waals surface area contributed by atoms with Crippen molar-refractivity contribution in [1.82, 2.24) is 15.0 Å². The normalized spacial score (nSPS) is 18.8. The van der Waals surface area contributed by atoms with Crippen LogP contribution < -0.4 is 10.5 Å². The number of para-hydroxylation sites is 1. The van der Waals surface area contributed by atoms with Crippen molar-refractivity contribution in [2.75, 3.05) is 19.6 Å². The maximum Gasteiger partial charge on any atom is 0.257 e. The molecule has 0 unspecified atom stereocenters. The van der Waals surface area contributed by atoms with Gasteiger partial charge in [-0.2, -0.15) is 4.98 Å². The Bertz CT molecular complexity index is 973. The molecular formula is C22H24N4O3. The Morgan fingerprint density at radius 2 is 1.93 bits per heavy atom. The Hall–Kier alpha value is -3.19. The lowest BCUT2D eigenvalue weighted by Gasteiger charge is -2.18. The molecule has 0 aliphatic carbocycles. The molecule has 1 amide bonds. The van der Waals surface area contributed by atoms with Crippen LogP contribution in [-0.2, 0) is 6.61 Å². The molecule has 150 valence electrons. The monoisotopic (exact) mass is 392 g/mol. The molecule has 7 nitrogen and oxygen atoms in total. The quantitative estimate of drug-likeness (QED) is 0.693. The number of aryl methyl sites for hydroxylation is 1. The summed E-state index contributed by atoms with van der Waals surface area (Å²) in [5.41, 5.74) is 7.76. The van der Waals surface area contributed by atoms with Crippen molar-refractivity contribution < 1.29 is 14.1 Å². The zero-order valence-electron chi connectivity index (χ0n) is 16.3. The van der Waals surface area contributed by atoms with E-state index < -0.39 is 0 Å². The third-order valence-electron chi connectivity index (χ3n) is 5.30. The fourth-order valence-corrected chi connectivity index (χ4v) is 3.84. The van der Waals surface area contributed by atoms with Crippen LogP contribution in [0.3, 0.4) is 0 Å². The third-order valence-corrected chi connectivity index (χ3v) is 5.30. The summed E-state index contributed by atoms with van der Waals surface area (Å²) in [7, 11) is 0. The van der Waals surface area contributed by atoms with Gasteiger partial charge < -0.3 is 19.9 Å². The van der Waals surface area contributed by atoms with Gasteiger partial charge in [-0.25, -0.2) is 0 Å². The van der Waals surface area contributed by atoms with Gasteiger partial charge in [-0.3, -0.25) is 4.79 Å². The van der Waals surface area contributed by atoms with E-state index in [1.165, 1.54) is 5.56 Å². The van der Waals surface area contributed by atoms with E-state index in [0.29, 0.717) is 42.7 Å². The Kier molecular flexibility index (Phi) is 5.57. The number of hydrogen-bond donors (Lipinski definition) is 1. The fourth-order valence-electron chi connectivity index (χ4n) is 3.84. The molecular weight excluding hydrogens is 368 g/mol. The van der Waals surface area contributed by atoms with Gasteiger partial charge in [0, 0.05) is 25.9 Å². The summed E-state index contributed by atoms with van der Waals surface area (Å²) in [6.07, 6.45) is 0. The number of nitrogens with two attached hydrogens (primary N) is 1. The molecule has 4 rings (SSSR count). The predicted molar refractivity (Wildman–Crippen MR) is 107 cm³/mol. The molecule has 1 aromatic heterocycles. The number of carbonyl (C=O) groups is 1. The Morgan fingerprint density at radius 1 is 1.17 bits per heavy atom. The number of nitrogens with zero attached hydrogens (tertiary/aromatic N) is 3. The molecule has 1 aliphatic rings. The van der Waals surface area contributed by atoms with Gasteiger partial charge in [0.05, 0.1) is 5.56 Å². The molecule has 0 bridgehead atoms. The number of hydrogen-bond acceptors (Lipinski definition) is 6. The highest BCUT2D eigenvalue weighted by atomic mass is 16.5. The summed E-state index contributed by atoms with van der Waals surface area (Å²) < 4.78 is 10.8. The first kappa shape index (κ1) is 19.1. The number of ether oxygens (including phenoxy) is 1. The second-order valence-electron chi connectivity index (χ2n) is 7.24. The molecule has 7 heteroatoms. The second-order valence-corrected chi connectivity index (χ2v) is 7.24. The molecule has 2 N–H and O–H groups in total. The molecule has 1 saturated heterocycles. The average molecular weight is 392 g/mol. The highest BCUT2D eigenvalue weighted by Gasteiger charge is 2.36. The lowest BCUT2D eigenvalue weighted by molar-refractivity contribution is 0.0781. The van der Waals surface area contributed by atoms with E-state index in [-0.39, 0.29) is 24.3 Å². The van der Waals surface area contributed by atoms with Gasteiger partial charge in [0.2, 0.25) is 11.7 Å². The average Bonchev–Trinajstić information content (AvgIpc) is 3.38. The van der Waals surface area contributed by atoms with Crippen molar-refractivity contribution in [1.29, 1.82) is 0 Å². The first-order chi connectivity index (χ1) is 14.2. The maximum atomic E-state index is 13.3. The zero-order chi connectivity index (χ0) is 20.2. The van der Waals surface area contributed by atoms with Crippen molar-refractivity contribution >= 4 is 5.91 Å². The van der Waals surface area contributed by atoms with Crippen molar-refractivity contribution in [3.05, 3.63) is 77.4 Å². The van der Waals surface area contributed by atoms with Crippen molar-refractivity contribution in [2.45, 2.75) is 19.4 Å². The molecule has 1 aliphatic heterocycles. The van der Waals surface area contributed by atoms with Gasteiger partial charge in [-0.15, -0.1) is 0 Å². The SMILES string of the molecule is Cc1nc(COc2ccccc2C(=O)N2C[C@@H](CN)[C@H](c3ccccc3)C2)no1. The summed E-state index contributed by atoms with van der Waals surface area (Å²) >= 11 is 0. The van der Waals surface area contributed by atoms with Gasteiger partial charge >= 0.3 is 0 Å². The van der Waals surface area contributed by atoms with Crippen molar-refractivity contribution in [3.8, 4) is 5.75 Å². The minimum atomic E-state index is -0.0539. The van der Waals surface area contributed by atoms with Gasteiger partial charge in [-0.1, -0.05) is 47.6 Å². The van der Waals surface area contributed by atoms with E-state index in [4.69, 9.17) is 15.0 Å². The maximum absolute atomic E-state index is 13.3. The number of rotatable bonds is 6. The van der Waals surface area contributed by atoms with Crippen LogP contribution in [0.4, 0.5) is 0 Å². The first-order valence-electron chi connectivity index (χ1n) is 9.71. The number of amides is 1. The van der Waals surface area contributed by atoms with Crippen molar-refractivity contribution in [3.63, 3.8) is 0 Å². The van der Waals surface area contributed by atoms with E-state index >= 15 is 0 Å². The molecule has 0 spiro atoms. The van der Waals surface area contributed by atoms with Gasteiger partial charge in [0.1, 0.15) is 5.75 Å². The number of aromatic nitrogens is 2. The summed E-state index contributed by atoms with van der Waals surface area (Å²) in [6.45, 7) is 3.67. The summed E-state index contributed by atoms with van der Waals surface area (Å²) in [4.78, 5) is 19.3. The van der Waals surface area contributed by atoms with Crippen LogP contribution in [0.25, 0.3) is 0 Å². The molecule has 29 heavy (non-hydrogen) atoms. The molecule has 2 aromatic carbocycles. The zero-order valence-corrected chi connectivity index (χ0v) is 16.3. The van der Waals surface area contributed by atoms with Crippen LogP contribution in [0.1, 0.15) is 33.6 Å². The Morgan fingerprint density at radius 3 is 2.66 bits per heavy atom. The summed E-state index contributed by atoms with van der Waals surface area (Å²) in [5.74, 6) is 1.84. The number of carbonyl (C=O) groups excluding carboxylic acids is 1. The highest BCUT2D eigenvalue weighted by Crippen LogP contribution is 2.33. The number of likely N-dealkylation sites (tertiary alicyclic amines) is 1. The van der Waals surface area contributed by atoms with Gasteiger partial charge in [0.15, 0.2) is 6.61 Å².